The molecule has 2 N–H and O–H groups in total. The highest BCUT2D eigenvalue weighted by atomic mass is 35.5. The molecule has 1 saturated carbocycles. The fourth-order valence-corrected chi connectivity index (χ4v) is 2.80. The first kappa shape index (κ1) is 14.6. The van der Waals surface area contributed by atoms with Gasteiger partial charge in [0.05, 0.1) is 10.6 Å². The molecule has 4 heteroatoms. The quantitative estimate of drug-likeness (QED) is 0.872. The first-order valence-electron chi connectivity index (χ1n) is 6.91. The van der Waals surface area contributed by atoms with Crippen molar-refractivity contribution in [2.24, 2.45) is 0 Å². The summed E-state index contributed by atoms with van der Waals surface area (Å²) in [4.78, 5) is 0. The fraction of sp³-hybridized carbons (Fsp3) is 0.600. The summed E-state index contributed by atoms with van der Waals surface area (Å²) in [6, 6.07) is 5.77. The van der Waals surface area contributed by atoms with Crippen LogP contribution >= 0.6 is 11.6 Å². The summed E-state index contributed by atoms with van der Waals surface area (Å²) in [6.45, 7) is 1.11. The van der Waals surface area contributed by atoms with Gasteiger partial charge >= 0.3 is 0 Å². The van der Waals surface area contributed by atoms with Crippen LogP contribution in [0.25, 0.3) is 0 Å². The number of hydrogen-bond donors (Lipinski definition) is 2. The maximum Gasteiger partial charge on any atom is 0.138 e. The van der Waals surface area contributed by atoms with Crippen LogP contribution in [0, 0.1) is 0 Å². The largest absolute Gasteiger partial charge is 0.489 e. The molecule has 0 saturated heterocycles. The Morgan fingerprint density at radius 2 is 2.05 bits per heavy atom. The molecule has 0 heterocycles. The maximum absolute atomic E-state index is 10.4. The van der Waals surface area contributed by atoms with E-state index in [1.54, 1.807) is 0 Å². The van der Waals surface area contributed by atoms with Crippen molar-refractivity contribution in [3.05, 3.63) is 28.8 Å². The van der Waals surface area contributed by atoms with Crippen molar-refractivity contribution >= 4 is 11.6 Å². The zero-order chi connectivity index (χ0) is 13.7. The van der Waals surface area contributed by atoms with Crippen molar-refractivity contribution in [2.45, 2.75) is 44.2 Å². The topological polar surface area (TPSA) is 41.5 Å². The second-order valence-corrected chi connectivity index (χ2v) is 5.78. The third-order valence-corrected chi connectivity index (χ3v) is 3.95. The van der Waals surface area contributed by atoms with Crippen LogP contribution < -0.4 is 10.1 Å². The second kappa shape index (κ2) is 6.60. The van der Waals surface area contributed by atoms with Gasteiger partial charge in [-0.3, -0.25) is 0 Å². The normalized spacial score (nSPS) is 18.3. The van der Waals surface area contributed by atoms with Gasteiger partial charge in [0.15, 0.2) is 0 Å². The molecule has 2 rings (SSSR count). The fourth-order valence-electron chi connectivity index (χ4n) is 2.54. The molecule has 19 heavy (non-hydrogen) atoms. The zero-order valence-electron chi connectivity index (χ0n) is 11.4. The van der Waals surface area contributed by atoms with Crippen molar-refractivity contribution in [1.82, 2.24) is 5.32 Å². The van der Waals surface area contributed by atoms with Crippen molar-refractivity contribution in [3.63, 3.8) is 0 Å². The van der Waals surface area contributed by atoms with E-state index in [2.05, 4.69) is 5.32 Å². The van der Waals surface area contributed by atoms with E-state index in [1.165, 1.54) is 6.42 Å². The predicted molar refractivity (Wildman–Crippen MR) is 77.7 cm³/mol. The van der Waals surface area contributed by atoms with Gasteiger partial charge in [-0.1, -0.05) is 36.9 Å². The van der Waals surface area contributed by atoms with Gasteiger partial charge in [-0.15, -0.1) is 0 Å². The van der Waals surface area contributed by atoms with Gasteiger partial charge in [-0.05, 0) is 37.6 Å². The predicted octanol–water partition coefficient (Wildman–Crippen LogP) is 3.13. The van der Waals surface area contributed by atoms with Crippen LogP contribution in [-0.2, 0) is 6.54 Å². The van der Waals surface area contributed by atoms with E-state index in [1.807, 2.05) is 25.2 Å². The summed E-state index contributed by atoms with van der Waals surface area (Å²) in [5.74, 6) is 0.653. The monoisotopic (exact) mass is 283 g/mol. The third-order valence-electron chi connectivity index (χ3n) is 3.66. The lowest BCUT2D eigenvalue weighted by atomic mass is 9.85. The molecule has 1 aromatic carbocycles. The summed E-state index contributed by atoms with van der Waals surface area (Å²) in [7, 11) is 1.90. The Labute approximate surface area is 119 Å². The molecule has 0 bridgehead atoms. The van der Waals surface area contributed by atoms with Gasteiger partial charge < -0.3 is 15.2 Å². The highest BCUT2D eigenvalue weighted by Crippen LogP contribution is 2.31. The highest BCUT2D eigenvalue weighted by molar-refractivity contribution is 6.32. The lowest BCUT2D eigenvalue weighted by Gasteiger charge is -2.31. The minimum absolute atomic E-state index is 0.331. The number of rotatable bonds is 5. The Kier molecular flexibility index (Phi) is 5.08. The Bertz CT molecular complexity index is 417. The van der Waals surface area contributed by atoms with Crippen LogP contribution in [0.5, 0.6) is 5.75 Å². The molecule has 1 fully saturated rings. The number of aliphatic hydroxyl groups is 1. The molecule has 1 aliphatic rings. The lowest BCUT2D eigenvalue weighted by molar-refractivity contribution is -0.0338. The number of ether oxygens (including phenoxy) is 1. The van der Waals surface area contributed by atoms with Crippen LogP contribution in [0.2, 0.25) is 5.02 Å². The minimum atomic E-state index is -0.675. The van der Waals surface area contributed by atoms with Gasteiger partial charge in [0.25, 0.3) is 0 Å². The van der Waals surface area contributed by atoms with E-state index in [0.29, 0.717) is 17.4 Å². The number of hydrogen-bond acceptors (Lipinski definition) is 3. The molecule has 106 valence electrons. The van der Waals surface area contributed by atoms with Gasteiger partial charge in [-0.25, -0.2) is 0 Å². The van der Waals surface area contributed by atoms with E-state index in [-0.39, 0.29) is 0 Å². The Balaban J connectivity index is 1.95. The smallest absolute Gasteiger partial charge is 0.138 e. The van der Waals surface area contributed by atoms with Crippen LogP contribution in [-0.4, -0.2) is 24.4 Å². The third kappa shape index (κ3) is 4.10. The van der Waals surface area contributed by atoms with Gasteiger partial charge in [0.2, 0.25) is 0 Å². The lowest BCUT2D eigenvalue weighted by Crippen LogP contribution is -2.37. The van der Waals surface area contributed by atoms with Crippen LogP contribution in [0.4, 0.5) is 0 Å². The number of nitrogens with one attached hydrogen (secondary N) is 1. The van der Waals surface area contributed by atoms with Crippen LogP contribution in [0.15, 0.2) is 18.2 Å². The minimum Gasteiger partial charge on any atom is -0.489 e. The molecule has 0 aromatic heterocycles. The highest BCUT2D eigenvalue weighted by Gasteiger charge is 2.30. The Morgan fingerprint density at radius 1 is 1.32 bits per heavy atom. The van der Waals surface area contributed by atoms with Crippen molar-refractivity contribution in [2.75, 3.05) is 13.7 Å². The van der Waals surface area contributed by atoms with Gasteiger partial charge in [0.1, 0.15) is 12.4 Å². The molecular formula is C15H22ClNO2. The van der Waals surface area contributed by atoms with Crippen molar-refractivity contribution < 1.29 is 9.84 Å². The summed E-state index contributed by atoms with van der Waals surface area (Å²) >= 11 is 6.19. The molecule has 0 amide bonds. The van der Waals surface area contributed by atoms with E-state index in [4.69, 9.17) is 16.3 Å². The summed E-state index contributed by atoms with van der Waals surface area (Å²) in [6.07, 6.45) is 5.01. The standard InChI is InChI=1S/C15H22ClNO2/c1-17-10-12-5-6-14(13(16)9-12)19-11-15(18)7-3-2-4-8-15/h5-6,9,17-18H,2-4,7-8,10-11H2,1H3. The van der Waals surface area contributed by atoms with Crippen LogP contribution in [0.1, 0.15) is 37.7 Å². The van der Waals surface area contributed by atoms with Crippen LogP contribution in [0.3, 0.4) is 0 Å². The Morgan fingerprint density at radius 3 is 2.68 bits per heavy atom. The first-order chi connectivity index (χ1) is 9.13. The number of halogens is 1. The molecular weight excluding hydrogens is 262 g/mol. The average Bonchev–Trinajstić information content (AvgIpc) is 2.39. The summed E-state index contributed by atoms with van der Waals surface area (Å²) in [5.41, 5.74) is 0.446. The summed E-state index contributed by atoms with van der Waals surface area (Å²) < 4.78 is 5.71. The first-order valence-corrected chi connectivity index (χ1v) is 7.29. The molecule has 3 nitrogen and oxygen atoms in total. The van der Waals surface area contributed by atoms with E-state index in [0.717, 1.165) is 37.8 Å². The molecule has 0 unspecified atom stereocenters. The molecule has 0 atom stereocenters. The number of benzene rings is 1. The van der Waals surface area contributed by atoms with E-state index < -0.39 is 5.60 Å². The Hall–Kier alpha value is -0.770. The van der Waals surface area contributed by atoms with Gasteiger partial charge in [-0.2, -0.15) is 0 Å². The molecule has 0 aliphatic heterocycles. The molecule has 0 radical (unpaired) electrons. The maximum atomic E-state index is 10.4. The van der Waals surface area contributed by atoms with Crippen molar-refractivity contribution in [1.29, 1.82) is 0 Å². The van der Waals surface area contributed by atoms with Gasteiger partial charge in [0, 0.05) is 6.54 Å². The van der Waals surface area contributed by atoms with Crippen molar-refractivity contribution in [3.8, 4) is 5.75 Å². The SMILES string of the molecule is CNCc1ccc(OCC2(O)CCCCC2)c(Cl)c1. The van der Waals surface area contributed by atoms with E-state index >= 15 is 0 Å². The second-order valence-electron chi connectivity index (χ2n) is 5.37. The average molecular weight is 284 g/mol. The zero-order valence-corrected chi connectivity index (χ0v) is 12.2. The summed E-state index contributed by atoms with van der Waals surface area (Å²) in [5, 5.41) is 14.1. The molecule has 1 aromatic rings. The van der Waals surface area contributed by atoms with E-state index in [9.17, 15) is 5.11 Å². The molecule has 1 aliphatic carbocycles. The molecule has 0 spiro atoms.